The van der Waals surface area contributed by atoms with Crippen molar-refractivity contribution >= 4 is 28.2 Å². The predicted octanol–water partition coefficient (Wildman–Crippen LogP) is 3.47. The second-order valence-corrected chi connectivity index (χ2v) is 7.23. The van der Waals surface area contributed by atoms with Crippen LogP contribution in [0.4, 0.5) is 11.6 Å². The minimum atomic E-state index is -0.428. The molecule has 10 nitrogen and oxygen atoms in total. The highest BCUT2D eigenvalue weighted by molar-refractivity contribution is 5.95. The van der Waals surface area contributed by atoms with Gasteiger partial charge in [0, 0.05) is 23.2 Å². The fourth-order valence-corrected chi connectivity index (χ4v) is 3.55. The third-order valence-electron chi connectivity index (χ3n) is 5.25. The highest BCUT2D eigenvalue weighted by Gasteiger charge is 2.18. The maximum atomic E-state index is 12.4. The Balaban J connectivity index is 1.77. The Labute approximate surface area is 193 Å². The molecule has 5 aromatic rings. The number of hydrogen-bond acceptors (Lipinski definition) is 9. The lowest BCUT2D eigenvalue weighted by Crippen LogP contribution is -2.11. The summed E-state index contributed by atoms with van der Waals surface area (Å²) < 4.78 is 17.7. The molecule has 0 fully saturated rings. The van der Waals surface area contributed by atoms with Gasteiger partial charge < -0.3 is 19.5 Å². The molecule has 0 aliphatic rings. The third-order valence-corrected chi connectivity index (χ3v) is 5.25. The van der Waals surface area contributed by atoms with Gasteiger partial charge in [0.05, 0.1) is 26.8 Å². The number of benzene rings is 2. The van der Waals surface area contributed by atoms with E-state index in [1.54, 1.807) is 56.2 Å². The van der Waals surface area contributed by atoms with Crippen LogP contribution in [0.1, 0.15) is 0 Å². The SMILES string of the molecule is COc1ccc(-c2nc3c4cc(OC)c(OC)cc4nc(Nc4ccccnc4=O)n3n2)cc1. The van der Waals surface area contributed by atoms with Crippen molar-refractivity contribution < 1.29 is 14.2 Å². The van der Waals surface area contributed by atoms with Gasteiger partial charge in [-0.3, -0.25) is 4.79 Å². The van der Waals surface area contributed by atoms with E-state index < -0.39 is 5.56 Å². The molecule has 0 saturated carbocycles. The first-order valence-corrected chi connectivity index (χ1v) is 10.3. The molecule has 0 aliphatic carbocycles. The number of fused-ring (bicyclic) bond motifs is 3. The van der Waals surface area contributed by atoms with E-state index >= 15 is 0 Å². The Hall–Kier alpha value is -4.73. The van der Waals surface area contributed by atoms with E-state index in [9.17, 15) is 4.79 Å². The Bertz CT molecular complexity index is 1570. The van der Waals surface area contributed by atoms with Crippen LogP contribution in [0.25, 0.3) is 27.9 Å². The standard InChI is InChI=1S/C24H20N6O4/c1-32-15-9-7-14(8-10-15)21-28-22-16-12-19(33-2)20(34-3)13-18(16)27-24(30(22)29-21)26-17-6-4-5-11-25-23(17)31/h4-13H,1-3H3,(H,25,26,27,31). The van der Waals surface area contributed by atoms with Gasteiger partial charge in [-0.05, 0) is 42.5 Å². The minimum absolute atomic E-state index is 0.250. The van der Waals surface area contributed by atoms with Crippen LogP contribution in [0.15, 0.2) is 65.6 Å². The van der Waals surface area contributed by atoms with Crippen LogP contribution in [-0.4, -0.2) is 45.9 Å². The van der Waals surface area contributed by atoms with Crippen molar-refractivity contribution in [2.45, 2.75) is 0 Å². The van der Waals surface area contributed by atoms with Crippen LogP contribution in [0, 0.1) is 0 Å². The molecule has 0 amide bonds. The molecule has 34 heavy (non-hydrogen) atoms. The summed E-state index contributed by atoms with van der Waals surface area (Å²) in [5.41, 5.74) is 1.73. The fourth-order valence-electron chi connectivity index (χ4n) is 3.55. The van der Waals surface area contributed by atoms with E-state index in [0.717, 1.165) is 11.3 Å². The zero-order valence-corrected chi connectivity index (χ0v) is 18.6. The maximum absolute atomic E-state index is 12.4. The number of ether oxygens (including phenoxy) is 3. The molecule has 10 heteroatoms. The molecular formula is C24H20N6O4. The second kappa shape index (κ2) is 8.66. The number of aromatic nitrogens is 5. The smallest absolute Gasteiger partial charge is 0.293 e. The molecule has 170 valence electrons. The molecule has 3 aromatic heterocycles. The van der Waals surface area contributed by atoms with Crippen molar-refractivity contribution in [2.75, 3.05) is 26.6 Å². The molecule has 0 atom stereocenters. The van der Waals surface area contributed by atoms with Crippen molar-refractivity contribution in [3.63, 3.8) is 0 Å². The van der Waals surface area contributed by atoms with E-state index in [1.165, 1.54) is 6.20 Å². The van der Waals surface area contributed by atoms with E-state index in [-0.39, 0.29) is 5.69 Å². The summed E-state index contributed by atoms with van der Waals surface area (Å²) in [5, 5.41) is 8.44. The van der Waals surface area contributed by atoms with Crippen LogP contribution in [0.3, 0.4) is 0 Å². The number of rotatable bonds is 6. The molecule has 0 saturated heterocycles. The highest BCUT2D eigenvalue weighted by atomic mass is 16.5. The number of anilines is 2. The lowest BCUT2D eigenvalue weighted by Gasteiger charge is -2.11. The van der Waals surface area contributed by atoms with Crippen molar-refractivity contribution in [2.24, 2.45) is 0 Å². The van der Waals surface area contributed by atoms with Gasteiger partial charge in [-0.1, -0.05) is 6.07 Å². The normalized spacial score (nSPS) is 10.9. The molecule has 2 aromatic carbocycles. The summed E-state index contributed by atoms with van der Waals surface area (Å²) in [5.74, 6) is 2.56. The number of nitrogens with one attached hydrogen (secondary N) is 1. The molecule has 0 unspecified atom stereocenters. The number of hydrogen-bond donors (Lipinski definition) is 1. The van der Waals surface area contributed by atoms with Crippen LogP contribution >= 0.6 is 0 Å². The van der Waals surface area contributed by atoms with Crippen molar-refractivity contribution in [3.8, 4) is 28.6 Å². The van der Waals surface area contributed by atoms with E-state index in [1.807, 2.05) is 24.3 Å². The van der Waals surface area contributed by atoms with Gasteiger partial charge in [-0.25, -0.2) is 15.0 Å². The van der Waals surface area contributed by atoms with Crippen LogP contribution in [-0.2, 0) is 0 Å². The lowest BCUT2D eigenvalue weighted by molar-refractivity contribution is 0.356. The van der Waals surface area contributed by atoms with Gasteiger partial charge in [-0.2, -0.15) is 4.52 Å². The summed E-state index contributed by atoms with van der Waals surface area (Å²) in [4.78, 5) is 25.7. The summed E-state index contributed by atoms with van der Waals surface area (Å²) in [6.45, 7) is 0. The first kappa shape index (κ1) is 21.1. The molecule has 0 spiro atoms. The van der Waals surface area contributed by atoms with Gasteiger partial charge in [0.25, 0.3) is 5.56 Å². The lowest BCUT2D eigenvalue weighted by atomic mass is 10.2. The van der Waals surface area contributed by atoms with E-state index in [0.29, 0.717) is 39.8 Å². The van der Waals surface area contributed by atoms with Gasteiger partial charge in [0.2, 0.25) is 5.95 Å². The minimum Gasteiger partial charge on any atom is -0.497 e. The predicted molar refractivity (Wildman–Crippen MR) is 127 cm³/mol. The highest BCUT2D eigenvalue weighted by Crippen LogP contribution is 2.34. The van der Waals surface area contributed by atoms with Gasteiger partial charge >= 0.3 is 0 Å². The zero-order valence-electron chi connectivity index (χ0n) is 18.6. The first-order chi connectivity index (χ1) is 16.6. The molecule has 1 N–H and O–H groups in total. The number of nitrogens with zero attached hydrogens (tertiary/aromatic N) is 5. The average Bonchev–Trinajstić information content (AvgIpc) is 3.23. The maximum Gasteiger partial charge on any atom is 0.293 e. The average molecular weight is 456 g/mol. The van der Waals surface area contributed by atoms with Gasteiger partial charge in [0.15, 0.2) is 23.0 Å². The van der Waals surface area contributed by atoms with Gasteiger partial charge in [-0.15, -0.1) is 5.10 Å². The largest absolute Gasteiger partial charge is 0.497 e. The molecule has 0 bridgehead atoms. The Morgan fingerprint density at radius 3 is 2.38 bits per heavy atom. The van der Waals surface area contributed by atoms with Crippen LogP contribution in [0.2, 0.25) is 0 Å². The molecule has 0 radical (unpaired) electrons. The fraction of sp³-hybridized carbons (Fsp3) is 0.125. The van der Waals surface area contributed by atoms with Crippen molar-refractivity contribution in [3.05, 3.63) is 71.1 Å². The molecule has 5 rings (SSSR count). The van der Waals surface area contributed by atoms with Crippen molar-refractivity contribution in [1.29, 1.82) is 0 Å². The number of methoxy groups -OCH3 is 3. The van der Waals surface area contributed by atoms with E-state index in [2.05, 4.69) is 15.4 Å². The molecule has 3 heterocycles. The van der Waals surface area contributed by atoms with Gasteiger partial charge in [0.1, 0.15) is 11.4 Å². The second-order valence-electron chi connectivity index (χ2n) is 7.23. The van der Waals surface area contributed by atoms with Crippen molar-refractivity contribution in [1.82, 2.24) is 24.6 Å². The van der Waals surface area contributed by atoms with Crippen LogP contribution in [0.5, 0.6) is 17.2 Å². The summed E-state index contributed by atoms with van der Waals surface area (Å²) in [7, 11) is 4.73. The monoisotopic (exact) mass is 456 g/mol. The summed E-state index contributed by atoms with van der Waals surface area (Å²) in [6, 6.07) is 16.0. The Morgan fingerprint density at radius 1 is 0.882 bits per heavy atom. The van der Waals surface area contributed by atoms with Crippen LogP contribution < -0.4 is 25.1 Å². The summed E-state index contributed by atoms with van der Waals surface area (Å²) >= 11 is 0. The molecular weight excluding hydrogens is 436 g/mol. The Morgan fingerprint density at radius 2 is 1.65 bits per heavy atom. The molecule has 0 aliphatic heterocycles. The third kappa shape index (κ3) is 3.71. The zero-order chi connectivity index (χ0) is 23.7. The quantitative estimate of drug-likeness (QED) is 0.410. The Kier molecular flexibility index (Phi) is 5.38. The van der Waals surface area contributed by atoms with E-state index in [4.69, 9.17) is 24.2 Å². The summed E-state index contributed by atoms with van der Waals surface area (Å²) in [6.07, 6.45) is 1.44. The topological polar surface area (TPSA) is 113 Å². The first-order valence-electron chi connectivity index (χ1n) is 10.3.